The van der Waals surface area contributed by atoms with Crippen molar-refractivity contribution in [3.8, 4) is 0 Å². The van der Waals surface area contributed by atoms with Crippen molar-refractivity contribution in [1.29, 1.82) is 0 Å². The Morgan fingerprint density at radius 2 is 2.44 bits per heavy atom. The summed E-state index contributed by atoms with van der Waals surface area (Å²) in [7, 11) is 0. The highest BCUT2D eigenvalue weighted by molar-refractivity contribution is 7.15. The van der Waals surface area contributed by atoms with E-state index in [1.54, 1.807) is 12.3 Å². The number of rotatable bonds is 4. The van der Waals surface area contributed by atoms with E-state index in [4.69, 9.17) is 4.52 Å². The van der Waals surface area contributed by atoms with Gasteiger partial charge in [0.15, 0.2) is 10.8 Å². The van der Waals surface area contributed by atoms with Crippen LogP contribution in [0.1, 0.15) is 46.8 Å². The fourth-order valence-corrected chi connectivity index (χ4v) is 2.39. The van der Waals surface area contributed by atoms with Crippen molar-refractivity contribution >= 4 is 22.4 Å². The molecule has 3 rings (SSSR count). The second-order valence-electron chi connectivity index (χ2n) is 4.33. The smallest absolute Gasteiger partial charge is 0.279 e. The van der Waals surface area contributed by atoms with Crippen LogP contribution in [0.4, 0.5) is 5.13 Å². The Bertz CT molecular complexity index is 571. The van der Waals surface area contributed by atoms with Crippen LogP contribution in [-0.2, 0) is 6.42 Å². The molecule has 0 spiro atoms. The van der Waals surface area contributed by atoms with Crippen LogP contribution in [0, 0.1) is 0 Å². The normalized spacial score (nSPS) is 14.7. The first-order chi connectivity index (χ1) is 8.76. The van der Waals surface area contributed by atoms with Gasteiger partial charge in [-0.15, -0.1) is 11.3 Å². The van der Waals surface area contributed by atoms with Crippen molar-refractivity contribution in [2.75, 3.05) is 5.32 Å². The Hall–Kier alpha value is -1.69. The van der Waals surface area contributed by atoms with Crippen molar-refractivity contribution in [2.45, 2.75) is 32.1 Å². The second-order valence-corrected chi connectivity index (χ2v) is 5.44. The first kappa shape index (κ1) is 11.4. The van der Waals surface area contributed by atoms with Crippen molar-refractivity contribution in [3.63, 3.8) is 0 Å². The zero-order chi connectivity index (χ0) is 12.5. The predicted molar refractivity (Wildman–Crippen MR) is 67.9 cm³/mol. The molecule has 1 fully saturated rings. The molecule has 2 heterocycles. The number of carbonyl (C=O) groups is 1. The Kier molecular flexibility index (Phi) is 2.87. The number of anilines is 1. The lowest BCUT2D eigenvalue weighted by Gasteiger charge is -1.95. The van der Waals surface area contributed by atoms with Crippen molar-refractivity contribution in [2.24, 2.45) is 0 Å². The van der Waals surface area contributed by atoms with Gasteiger partial charge in [0.25, 0.3) is 5.91 Å². The molecule has 0 bridgehead atoms. The van der Waals surface area contributed by atoms with Gasteiger partial charge in [0.2, 0.25) is 0 Å². The molecule has 0 aliphatic heterocycles. The molecule has 0 atom stereocenters. The summed E-state index contributed by atoms with van der Waals surface area (Å²) in [6, 6.07) is 1.72. The lowest BCUT2D eigenvalue weighted by Crippen LogP contribution is -2.11. The van der Waals surface area contributed by atoms with Gasteiger partial charge < -0.3 is 4.52 Å². The van der Waals surface area contributed by atoms with Crippen LogP contribution >= 0.6 is 11.3 Å². The largest absolute Gasteiger partial charge is 0.360 e. The maximum absolute atomic E-state index is 11.9. The summed E-state index contributed by atoms with van der Waals surface area (Å²) in [4.78, 5) is 17.2. The fraction of sp³-hybridized carbons (Fsp3) is 0.417. The average molecular weight is 263 g/mol. The molecule has 1 amide bonds. The lowest BCUT2D eigenvalue weighted by atomic mass is 10.3. The van der Waals surface area contributed by atoms with Gasteiger partial charge in [0, 0.05) is 23.1 Å². The van der Waals surface area contributed by atoms with E-state index in [-0.39, 0.29) is 5.91 Å². The van der Waals surface area contributed by atoms with Gasteiger partial charge in [-0.1, -0.05) is 12.1 Å². The van der Waals surface area contributed by atoms with Gasteiger partial charge in [-0.2, -0.15) is 0 Å². The van der Waals surface area contributed by atoms with E-state index in [1.807, 2.05) is 0 Å². The Balaban J connectivity index is 1.69. The minimum atomic E-state index is -0.261. The first-order valence-corrected chi connectivity index (χ1v) is 6.80. The summed E-state index contributed by atoms with van der Waals surface area (Å²) in [5.74, 6) is 1.02. The van der Waals surface area contributed by atoms with E-state index in [9.17, 15) is 4.79 Å². The van der Waals surface area contributed by atoms with Crippen LogP contribution in [0.2, 0.25) is 0 Å². The van der Waals surface area contributed by atoms with Crippen LogP contribution in [-0.4, -0.2) is 16.0 Å². The van der Waals surface area contributed by atoms with Crippen LogP contribution in [0.15, 0.2) is 16.8 Å². The first-order valence-electron chi connectivity index (χ1n) is 5.99. The van der Waals surface area contributed by atoms with Crippen LogP contribution < -0.4 is 5.32 Å². The minimum absolute atomic E-state index is 0.261. The van der Waals surface area contributed by atoms with Crippen molar-refractivity contribution < 1.29 is 9.32 Å². The van der Waals surface area contributed by atoms with Crippen LogP contribution in [0.3, 0.4) is 0 Å². The Morgan fingerprint density at radius 1 is 1.61 bits per heavy atom. The van der Waals surface area contributed by atoms with E-state index < -0.39 is 0 Å². The molecule has 0 radical (unpaired) electrons. The summed E-state index contributed by atoms with van der Waals surface area (Å²) in [6.07, 6.45) is 4.95. The third-order valence-corrected chi connectivity index (χ3v) is 3.92. The zero-order valence-electron chi connectivity index (χ0n) is 9.97. The highest BCUT2D eigenvalue weighted by Gasteiger charge is 2.29. The number of aryl methyl sites for hydroxylation is 1. The Morgan fingerprint density at radius 3 is 3.11 bits per heavy atom. The predicted octanol–water partition coefficient (Wildman–Crippen LogP) is 2.82. The molecule has 1 N–H and O–H groups in total. The summed E-state index contributed by atoms with van der Waals surface area (Å²) in [5.41, 5.74) is 0.324. The standard InChI is InChI=1S/C12H13N3O2S/c1-2-8-6-13-12(18-8)14-11(16)9-5-10(17-15-9)7-3-4-7/h5-7H,2-4H2,1H3,(H,13,14,16). The summed E-state index contributed by atoms with van der Waals surface area (Å²) in [6.45, 7) is 2.05. The highest BCUT2D eigenvalue weighted by Crippen LogP contribution is 2.40. The molecule has 0 unspecified atom stereocenters. The fourth-order valence-electron chi connectivity index (χ4n) is 1.65. The molecular formula is C12H13N3O2S. The van der Waals surface area contributed by atoms with Gasteiger partial charge in [0.1, 0.15) is 5.76 Å². The van der Waals surface area contributed by atoms with Crippen molar-refractivity contribution in [1.82, 2.24) is 10.1 Å². The zero-order valence-corrected chi connectivity index (χ0v) is 10.8. The van der Waals surface area contributed by atoms with Gasteiger partial charge in [0.05, 0.1) is 0 Å². The lowest BCUT2D eigenvalue weighted by molar-refractivity contribution is 0.101. The molecule has 6 heteroatoms. The van der Waals surface area contributed by atoms with E-state index in [1.165, 1.54) is 11.3 Å². The number of aromatic nitrogens is 2. The molecule has 1 saturated carbocycles. The summed E-state index contributed by atoms with van der Waals surface area (Å²) >= 11 is 1.48. The molecule has 1 aliphatic carbocycles. The third-order valence-electron chi connectivity index (χ3n) is 2.86. The molecule has 1 aliphatic rings. The van der Waals surface area contributed by atoms with Crippen LogP contribution in [0.5, 0.6) is 0 Å². The molecule has 0 saturated heterocycles. The molecular weight excluding hydrogens is 250 g/mol. The SMILES string of the molecule is CCc1cnc(NC(=O)c2cc(C3CC3)on2)s1. The molecule has 0 aromatic carbocycles. The second kappa shape index (κ2) is 4.53. The van der Waals surface area contributed by atoms with E-state index >= 15 is 0 Å². The van der Waals surface area contributed by atoms with Gasteiger partial charge in [-0.25, -0.2) is 4.98 Å². The number of carbonyl (C=O) groups excluding carboxylic acids is 1. The van der Waals surface area contributed by atoms with E-state index in [0.29, 0.717) is 16.7 Å². The maximum Gasteiger partial charge on any atom is 0.279 e. The van der Waals surface area contributed by atoms with Gasteiger partial charge >= 0.3 is 0 Å². The molecule has 18 heavy (non-hydrogen) atoms. The average Bonchev–Trinajstić information content (AvgIpc) is 2.93. The number of hydrogen-bond acceptors (Lipinski definition) is 5. The molecule has 94 valence electrons. The molecule has 2 aromatic rings. The van der Waals surface area contributed by atoms with Gasteiger partial charge in [-0.05, 0) is 19.3 Å². The minimum Gasteiger partial charge on any atom is -0.360 e. The third kappa shape index (κ3) is 2.28. The number of hydrogen-bond donors (Lipinski definition) is 1. The number of nitrogens with zero attached hydrogens (tertiary/aromatic N) is 2. The molecule has 2 aromatic heterocycles. The van der Waals surface area contributed by atoms with E-state index in [0.717, 1.165) is 29.9 Å². The quantitative estimate of drug-likeness (QED) is 0.921. The summed E-state index contributed by atoms with van der Waals surface area (Å²) in [5, 5.41) is 7.13. The number of nitrogens with one attached hydrogen (secondary N) is 1. The monoisotopic (exact) mass is 263 g/mol. The molecule has 5 nitrogen and oxygen atoms in total. The topological polar surface area (TPSA) is 68.0 Å². The van der Waals surface area contributed by atoms with E-state index in [2.05, 4.69) is 22.4 Å². The summed E-state index contributed by atoms with van der Waals surface area (Å²) < 4.78 is 5.15. The number of amides is 1. The Labute approximate surface area is 108 Å². The highest BCUT2D eigenvalue weighted by atomic mass is 32.1. The van der Waals surface area contributed by atoms with Crippen LogP contribution in [0.25, 0.3) is 0 Å². The van der Waals surface area contributed by atoms with Crippen molar-refractivity contribution in [3.05, 3.63) is 28.6 Å². The number of thiazole rings is 1. The maximum atomic E-state index is 11.9. The van der Waals surface area contributed by atoms with Gasteiger partial charge in [-0.3, -0.25) is 10.1 Å².